The number of nitrogens with zero attached hydrogens (tertiary/aromatic N) is 3. The molecule has 22 heavy (non-hydrogen) atoms. The van der Waals surface area contributed by atoms with Crippen LogP contribution < -0.4 is 4.90 Å². The quantitative estimate of drug-likeness (QED) is 0.534. The van der Waals surface area contributed by atoms with Gasteiger partial charge in [-0.2, -0.15) is 0 Å². The van der Waals surface area contributed by atoms with Crippen molar-refractivity contribution in [1.82, 2.24) is 0 Å². The van der Waals surface area contributed by atoms with Crippen LogP contribution in [-0.2, 0) is 11.3 Å². The number of nitro benzene ring substituents is 1. The second-order valence-electron chi connectivity index (χ2n) is 4.78. The number of hydrogen-bond donors (Lipinski definition) is 1. The van der Waals surface area contributed by atoms with E-state index in [2.05, 4.69) is 5.16 Å². The van der Waals surface area contributed by atoms with Gasteiger partial charge in [-0.3, -0.25) is 14.9 Å². The van der Waals surface area contributed by atoms with E-state index in [-0.39, 0.29) is 17.9 Å². The van der Waals surface area contributed by atoms with Crippen molar-refractivity contribution in [2.45, 2.75) is 6.54 Å². The molecule has 1 heterocycles. The number of rotatable bonds is 3. The fraction of sp³-hybridized carbons (Fsp3) is 0.0667. The molecule has 0 radical (unpaired) electrons. The number of non-ortho nitro benzene ring substituents is 1. The molecule has 110 valence electrons. The maximum absolute atomic E-state index is 12.3. The van der Waals surface area contributed by atoms with Gasteiger partial charge in [-0.25, -0.2) is 0 Å². The van der Waals surface area contributed by atoms with Gasteiger partial charge in [0, 0.05) is 17.7 Å². The zero-order valence-corrected chi connectivity index (χ0v) is 11.3. The van der Waals surface area contributed by atoms with Crippen molar-refractivity contribution in [2.75, 3.05) is 4.90 Å². The third-order valence-electron chi connectivity index (χ3n) is 3.49. The first-order chi connectivity index (χ1) is 10.6. The number of para-hydroxylation sites is 1. The highest BCUT2D eigenvalue weighted by molar-refractivity contribution is 6.54. The van der Waals surface area contributed by atoms with Crippen molar-refractivity contribution in [2.24, 2.45) is 5.16 Å². The summed E-state index contributed by atoms with van der Waals surface area (Å²) in [6.45, 7) is 0.243. The number of carbonyl (C=O) groups is 1. The number of oxime groups is 1. The summed E-state index contributed by atoms with van der Waals surface area (Å²) in [6, 6.07) is 13.0. The highest BCUT2D eigenvalue weighted by atomic mass is 16.6. The van der Waals surface area contributed by atoms with E-state index in [4.69, 9.17) is 5.21 Å². The Morgan fingerprint density at radius 2 is 1.82 bits per heavy atom. The van der Waals surface area contributed by atoms with Crippen molar-refractivity contribution in [3.8, 4) is 0 Å². The molecule has 7 nitrogen and oxygen atoms in total. The molecule has 0 saturated carbocycles. The summed E-state index contributed by atoms with van der Waals surface area (Å²) < 4.78 is 0. The fourth-order valence-corrected chi connectivity index (χ4v) is 2.42. The highest BCUT2D eigenvalue weighted by Gasteiger charge is 2.34. The minimum atomic E-state index is -0.476. The molecule has 0 aromatic heterocycles. The van der Waals surface area contributed by atoms with Gasteiger partial charge in [0.25, 0.3) is 11.6 Å². The first-order valence-corrected chi connectivity index (χ1v) is 6.48. The van der Waals surface area contributed by atoms with E-state index in [0.29, 0.717) is 11.3 Å². The first kappa shape index (κ1) is 13.7. The Labute approximate surface area is 125 Å². The molecule has 0 unspecified atom stereocenters. The van der Waals surface area contributed by atoms with Crippen LogP contribution in [0.15, 0.2) is 53.7 Å². The SMILES string of the molecule is O=C1/C(=N\O)c2ccccc2N1Cc1ccc([N+](=O)[O-])cc1. The van der Waals surface area contributed by atoms with Crippen LogP contribution in [0.2, 0.25) is 0 Å². The van der Waals surface area contributed by atoms with Gasteiger partial charge in [0.2, 0.25) is 0 Å². The molecule has 1 N–H and O–H groups in total. The van der Waals surface area contributed by atoms with Crippen LogP contribution in [0.25, 0.3) is 0 Å². The number of amides is 1. The van der Waals surface area contributed by atoms with Crippen molar-refractivity contribution >= 4 is 23.0 Å². The summed E-state index contributed by atoms with van der Waals surface area (Å²) in [6.07, 6.45) is 0. The molecule has 0 fully saturated rings. The second-order valence-corrected chi connectivity index (χ2v) is 4.78. The lowest BCUT2D eigenvalue weighted by Crippen LogP contribution is -2.29. The topological polar surface area (TPSA) is 96.0 Å². The molecule has 0 bridgehead atoms. The molecule has 0 aliphatic carbocycles. The van der Waals surface area contributed by atoms with E-state index >= 15 is 0 Å². The van der Waals surface area contributed by atoms with Crippen molar-refractivity contribution in [3.63, 3.8) is 0 Å². The third-order valence-corrected chi connectivity index (χ3v) is 3.49. The van der Waals surface area contributed by atoms with Gasteiger partial charge in [-0.05, 0) is 11.6 Å². The molecule has 2 aromatic carbocycles. The minimum Gasteiger partial charge on any atom is -0.410 e. The van der Waals surface area contributed by atoms with Gasteiger partial charge in [0.15, 0.2) is 5.71 Å². The molecular formula is C15H11N3O4. The van der Waals surface area contributed by atoms with E-state index in [9.17, 15) is 14.9 Å². The Balaban J connectivity index is 1.92. The predicted octanol–water partition coefficient (Wildman–Crippen LogP) is 2.32. The fourth-order valence-electron chi connectivity index (χ4n) is 2.42. The largest absolute Gasteiger partial charge is 0.410 e. The number of carbonyl (C=O) groups excluding carboxylic acids is 1. The van der Waals surface area contributed by atoms with Crippen molar-refractivity contribution in [1.29, 1.82) is 0 Å². The van der Waals surface area contributed by atoms with Gasteiger partial charge >= 0.3 is 0 Å². The van der Waals surface area contributed by atoms with E-state index in [0.717, 1.165) is 5.56 Å². The molecule has 0 spiro atoms. The number of hydrogen-bond acceptors (Lipinski definition) is 5. The van der Waals surface area contributed by atoms with Gasteiger partial charge in [0.1, 0.15) is 0 Å². The smallest absolute Gasteiger partial charge is 0.281 e. The molecule has 2 aromatic rings. The zero-order chi connectivity index (χ0) is 15.7. The number of benzene rings is 2. The molecule has 1 aliphatic rings. The van der Waals surface area contributed by atoms with Crippen LogP contribution in [0.1, 0.15) is 11.1 Å². The van der Waals surface area contributed by atoms with Crippen LogP contribution >= 0.6 is 0 Å². The lowest BCUT2D eigenvalue weighted by Gasteiger charge is -2.16. The molecule has 0 saturated heterocycles. The first-order valence-electron chi connectivity index (χ1n) is 6.48. The monoisotopic (exact) mass is 297 g/mol. The summed E-state index contributed by atoms with van der Waals surface area (Å²) in [5.41, 5.74) is 1.95. The Bertz CT molecular complexity index is 784. The lowest BCUT2D eigenvalue weighted by molar-refractivity contribution is -0.384. The summed E-state index contributed by atoms with van der Waals surface area (Å²) in [5, 5.41) is 22.8. The number of fused-ring (bicyclic) bond motifs is 1. The minimum absolute atomic E-state index is 0.00230. The number of nitro groups is 1. The molecule has 3 rings (SSSR count). The van der Waals surface area contributed by atoms with Gasteiger partial charge in [-0.15, -0.1) is 0 Å². The van der Waals surface area contributed by atoms with Crippen LogP contribution in [0, 0.1) is 10.1 Å². The van der Waals surface area contributed by atoms with Crippen LogP contribution in [0.4, 0.5) is 11.4 Å². The number of anilines is 1. The lowest BCUT2D eigenvalue weighted by atomic mass is 10.1. The van der Waals surface area contributed by atoms with E-state index in [1.807, 2.05) is 0 Å². The molecule has 1 amide bonds. The average Bonchev–Trinajstić information content (AvgIpc) is 2.80. The predicted molar refractivity (Wildman–Crippen MR) is 79.1 cm³/mol. The van der Waals surface area contributed by atoms with Crippen molar-refractivity contribution < 1.29 is 14.9 Å². The maximum atomic E-state index is 12.3. The van der Waals surface area contributed by atoms with E-state index < -0.39 is 10.8 Å². The standard InChI is InChI=1S/C15H11N3O4/c19-15-14(16-20)12-3-1-2-4-13(12)17(15)9-10-5-7-11(8-6-10)18(21)22/h1-8,20H,9H2/b16-14-. The Morgan fingerprint density at radius 3 is 2.45 bits per heavy atom. The molecule has 7 heteroatoms. The van der Waals surface area contributed by atoms with Gasteiger partial charge in [0.05, 0.1) is 17.2 Å². The van der Waals surface area contributed by atoms with Crippen LogP contribution in [0.3, 0.4) is 0 Å². The summed E-state index contributed by atoms with van der Waals surface area (Å²) >= 11 is 0. The summed E-state index contributed by atoms with van der Waals surface area (Å²) in [7, 11) is 0. The molecule has 1 aliphatic heterocycles. The third kappa shape index (κ3) is 2.18. The van der Waals surface area contributed by atoms with Crippen molar-refractivity contribution in [3.05, 3.63) is 69.8 Å². The normalized spacial score (nSPS) is 15.2. The Morgan fingerprint density at radius 1 is 1.14 bits per heavy atom. The molecular weight excluding hydrogens is 286 g/mol. The van der Waals surface area contributed by atoms with Crippen LogP contribution in [-0.4, -0.2) is 21.7 Å². The highest BCUT2D eigenvalue weighted by Crippen LogP contribution is 2.30. The Hall–Kier alpha value is -3.22. The van der Waals surface area contributed by atoms with Gasteiger partial charge in [-0.1, -0.05) is 35.5 Å². The van der Waals surface area contributed by atoms with Gasteiger partial charge < -0.3 is 10.1 Å². The zero-order valence-electron chi connectivity index (χ0n) is 11.3. The second kappa shape index (κ2) is 5.28. The summed E-state index contributed by atoms with van der Waals surface area (Å²) in [5.74, 6) is -0.401. The maximum Gasteiger partial charge on any atom is 0.281 e. The summed E-state index contributed by atoms with van der Waals surface area (Å²) in [4.78, 5) is 24.0. The van der Waals surface area contributed by atoms with E-state index in [1.54, 1.807) is 36.4 Å². The van der Waals surface area contributed by atoms with E-state index in [1.165, 1.54) is 17.0 Å². The average molecular weight is 297 g/mol. The molecule has 0 atom stereocenters. The Kier molecular flexibility index (Phi) is 3.30. The van der Waals surface area contributed by atoms with Crippen LogP contribution in [0.5, 0.6) is 0 Å².